The Hall–Kier alpha value is -3.73. The molecule has 1 unspecified atom stereocenters. The number of nitrogens with zero attached hydrogens (tertiary/aromatic N) is 2. The van der Waals surface area contributed by atoms with Crippen molar-refractivity contribution >= 4 is 23.1 Å². The molecule has 3 aromatic rings. The smallest absolute Gasteiger partial charge is 0.300 e. The molecule has 2 aliphatic rings. The number of hydrogen-bond acceptors (Lipinski definition) is 4. The van der Waals surface area contributed by atoms with Crippen LogP contribution in [-0.2, 0) is 22.4 Å². The minimum Gasteiger partial charge on any atom is -0.507 e. The average Bonchev–Trinajstić information content (AvgIpc) is 3.08. The van der Waals surface area contributed by atoms with Crippen LogP contribution >= 0.6 is 0 Å². The van der Waals surface area contributed by atoms with Gasteiger partial charge >= 0.3 is 0 Å². The van der Waals surface area contributed by atoms with Gasteiger partial charge in [-0.15, -0.1) is 0 Å². The number of carbonyl (C=O) groups excluding carboxylic acids is 2. The molecule has 5 nitrogen and oxygen atoms in total. The van der Waals surface area contributed by atoms with Gasteiger partial charge in [0, 0.05) is 23.6 Å². The predicted octanol–water partition coefficient (Wildman–Crippen LogP) is 5.20. The van der Waals surface area contributed by atoms with Crippen molar-refractivity contribution in [2.24, 2.45) is 0 Å². The maximum Gasteiger partial charge on any atom is 0.300 e. The highest BCUT2D eigenvalue weighted by molar-refractivity contribution is 6.51. The first-order valence-corrected chi connectivity index (χ1v) is 11.4. The summed E-state index contributed by atoms with van der Waals surface area (Å²) in [6.45, 7) is 3.92. The third-order valence-corrected chi connectivity index (χ3v) is 6.57. The van der Waals surface area contributed by atoms with E-state index in [0.29, 0.717) is 11.3 Å². The fourth-order valence-corrected chi connectivity index (χ4v) is 5.09. The van der Waals surface area contributed by atoms with Crippen molar-refractivity contribution in [1.82, 2.24) is 4.98 Å². The molecule has 1 saturated heterocycles. The summed E-state index contributed by atoms with van der Waals surface area (Å²) in [5.74, 6) is -1.44. The molecule has 1 aromatic heterocycles. The summed E-state index contributed by atoms with van der Waals surface area (Å²) >= 11 is 0. The Kier molecular flexibility index (Phi) is 5.33. The van der Waals surface area contributed by atoms with E-state index < -0.39 is 17.7 Å². The first-order valence-electron chi connectivity index (χ1n) is 11.4. The largest absolute Gasteiger partial charge is 0.507 e. The zero-order valence-electron chi connectivity index (χ0n) is 18.8. The third-order valence-electron chi connectivity index (χ3n) is 6.57. The normalized spacial score (nSPS) is 19.6. The lowest BCUT2D eigenvalue weighted by molar-refractivity contribution is -0.132. The van der Waals surface area contributed by atoms with E-state index in [1.165, 1.54) is 22.4 Å². The molecule has 0 spiro atoms. The Morgan fingerprint density at radius 2 is 1.58 bits per heavy atom. The number of benzene rings is 2. The number of anilines is 1. The lowest BCUT2D eigenvalue weighted by Crippen LogP contribution is -2.29. The first-order chi connectivity index (χ1) is 15.9. The zero-order chi connectivity index (χ0) is 23.1. The number of pyridine rings is 1. The lowest BCUT2D eigenvalue weighted by Gasteiger charge is -2.26. The molecule has 1 N–H and O–H groups in total. The number of rotatable bonds is 3. The number of fused-ring (bicyclic) bond motifs is 1. The molecule has 2 heterocycles. The SMILES string of the molecule is Cc1cc(C)cc(N2C(=O)C(=O)/C(=C(\O)c3ccc4c(c3)CCCC4)C2c2ccncc2)c1. The average molecular weight is 439 g/mol. The van der Waals surface area contributed by atoms with Crippen molar-refractivity contribution in [1.29, 1.82) is 0 Å². The molecule has 1 aliphatic heterocycles. The second-order valence-corrected chi connectivity index (χ2v) is 8.99. The van der Waals surface area contributed by atoms with E-state index in [-0.39, 0.29) is 11.3 Å². The van der Waals surface area contributed by atoms with E-state index in [0.717, 1.165) is 36.0 Å². The molecular formula is C28H26N2O3. The lowest BCUT2D eigenvalue weighted by atomic mass is 9.89. The van der Waals surface area contributed by atoms with Gasteiger partial charge in [-0.1, -0.05) is 18.2 Å². The molecule has 1 atom stereocenters. The van der Waals surface area contributed by atoms with Crippen LogP contribution in [0, 0.1) is 13.8 Å². The molecule has 0 saturated carbocycles. The quantitative estimate of drug-likeness (QED) is 0.346. The fraction of sp³-hybridized carbons (Fsp3) is 0.250. The van der Waals surface area contributed by atoms with Gasteiger partial charge in [-0.2, -0.15) is 0 Å². The number of ketones is 1. The Morgan fingerprint density at radius 1 is 0.909 bits per heavy atom. The van der Waals surface area contributed by atoms with E-state index in [2.05, 4.69) is 4.98 Å². The summed E-state index contributed by atoms with van der Waals surface area (Å²) in [7, 11) is 0. The van der Waals surface area contributed by atoms with Crippen molar-refractivity contribution in [3.05, 3.63) is 99.9 Å². The van der Waals surface area contributed by atoms with Gasteiger partial charge in [-0.25, -0.2) is 0 Å². The van der Waals surface area contributed by atoms with Crippen LogP contribution in [-0.4, -0.2) is 21.8 Å². The number of hydrogen-bond donors (Lipinski definition) is 1. The van der Waals surface area contributed by atoms with Gasteiger partial charge in [0.1, 0.15) is 5.76 Å². The number of aliphatic hydroxyl groups excluding tert-OH is 1. The topological polar surface area (TPSA) is 70.5 Å². The summed E-state index contributed by atoms with van der Waals surface area (Å²) < 4.78 is 0. The van der Waals surface area contributed by atoms with Crippen molar-refractivity contribution in [3.8, 4) is 0 Å². The number of aromatic nitrogens is 1. The molecule has 1 fully saturated rings. The maximum atomic E-state index is 13.3. The van der Waals surface area contributed by atoms with Gasteiger partial charge in [0.2, 0.25) is 0 Å². The Labute approximate surface area is 193 Å². The monoisotopic (exact) mass is 438 g/mol. The van der Waals surface area contributed by atoms with Crippen LogP contribution in [0.3, 0.4) is 0 Å². The second kappa shape index (κ2) is 8.32. The number of Topliss-reactive ketones (excluding diaryl/α,β-unsaturated/α-hetero) is 1. The van der Waals surface area contributed by atoms with Crippen LogP contribution in [0.4, 0.5) is 5.69 Å². The molecule has 0 radical (unpaired) electrons. The van der Waals surface area contributed by atoms with Crippen molar-refractivity contribution in [2.45, 2.75) is 45.6 Å². The molecule has 1 amide bonds. The van der Waals surface area contributed by atoms with Gasteiger partial charge in [0.25, 0.3) is 11.7 Å². The van der Waals surface area contributed by atoms with E-state index in [1.807, 2.05) is 50.2 Å². The maximum absolute atomic E-state index is 13.3. The van der Waals surface area contributed by atoms with Crippen molar-refractivity contribution in [3.63, 3.8) is 0 Å². The molecule has 166 valence electrons. The van der Waals surface area contributed by atoms with Crippen molar-refractivity contribution < 1.29 is 14.7 Å². The van der Waals surface area contributed by atoms with E-state index in [9.17, 15) is 14.7 Å². The minimum absolute atomic E-state index is 0.112. The minimum atomic E-state index is -0.731. The molecule has 33 heavy (non-hydrogen) atoms. The highest BCUT2D eigenvalue weighted by Crippen LogP contribution is 2.42. The Balaban J connectivity index is 1.70. The summed E-state index contributed by atoms with van der Waals surface area (Å²) in [6.07, 6.45) is 7.55. The molecular weight excluding hydrogens is 412 g/mol. The van der Waals surface area contributed by atoms with Gasteiger partial charge in [0.15, 0.2) is 0 Å². The van der Waals surface area contributed by atoms with Crippen LogP contribution in [0.5, 0.6) is 0 Å². The van der Waals surface area contributed by atoms with Gasteiger partial charge in [-0.3, -0.25) is 19.5 Å². The zero-order valence-corrected chi connectivity index (χ0v) is 18.8. The molecule has 0 bridgehead atoms. The molecule has 1 aliphatic carbocycles. The van der Waals surface area contributed by atoms with Gasteiger partial charge in [0.05, 0.1) is 11.6 Å². The van der Waals surface area contributed by atoms with Crippen LogP contribution in [0.25, 0.3) is 5.76 Å². The second-order valence-electron chi connectivity index (χ2n) is 8.99. The standard InChI is InChI=1S/C28H26N2O3/c1-17-13-18(2)15-23(14-17)30-25(20-9-11-29-12-10-20)24(27(32)28(30)33)26(31)22-8-7-19-5-3-4-6-21(19)16-22/h7-16,25,31H,3-6H2,1-2H3/b26-24-. The van der Waals surface area contributed by atoms with Crippen LogP contribution < -0.4 is 4.90 Å². The van der Waals surface area contributed by atoms with E-state index in [4.69, 9.17) is 0 Å². The van der Waals surface area contributed by atoms with Crippen LogP contribution in [0.15, 0.2) is 66.5 Å². The first kappa shape index (κ1) is 21.1. The summed E-state index contributed by atoms with van der Waals surface area (Å²) in [5.41, 5.74) is 6.54. The van der Waals surface area contributed by atoms with Crippen LogP contribution in [0.1, 0.15) is 52.3 Å². The molecule has 5 heteroatoms. The Bertz CT molecular complexity index is 1270. The molecule has 5 rings (SSSR count). The van der Waals surface area contributed by atoms with Crippen LogP contribution in [0.2, 0.25) is 0 Å². The Morgan fingerprint density at radius 3 is 2.27 bits per heavy atom. The van der Waals surface area contributed by atoms with Crippen molar-refractivity contribution in [2.75, 3.05) is 4.90 Å². The third kappa shape index (κ3) is 3.74. The number of aryl methyl sites for hydroxylation is 4. The van der Waals surface area contributed by atoms with E-state index >= 15 is 0 Å². The fourth-order valence-electron chi connectivity index (χ4n) is 5.09. The number of carbonyl (C=O) groups is 2. The number of amides is 1. The molecule has 2 aromatic carbocycles. The predicted molar refractivity (Wildman–Crippen MR) is 128 cm³/mol. The number of aliphatic hydroxyl groups is 1. The summed E-state index contributed by atoms with van der Waals surface area (Å²) in [6, 6.07) is 14.5. The van der Waals surface area contributed by atoms with Gasteiger partial charge < -0.3 is 5.11 Å². The highest BCUT2D eigenvalue weighted by atomic mass is 16.3. The van der Waals surface area contributed by atoms with E-state index in [1.54, 1.807) is 24.5 Å². The van der Waals surface area contributed by atoms with Gasteiger partial charge in [-0.05, 0) is 97.7 Å². The highest BCUT2D eigenvalue weighted by Gasteiger charge is 2.47. The summed E-state index contributed by atoms with van der Waals surface area (Å²) in [4.78, 5) is 32.2. The summed E-state index contributed by atoms with van der Waals surface area (Å²) in [5, 5.41) is 11.4.